The highest BCUT2D eigenvalue weighted by Crippen LogP contribution is 2.23. The van der Waals surface area contributed by atoms with Crippen LogP contribution in [-0.4, -0.2) is 34.9 Å². The molecule has 0 fully saturated rings. The van der Waals surface area contributed by atoms with Gasteiger partial charge in [0.15, 0.2) is 5.60 Å². The lowest BCUT2D eigenvalue weighted by Crippen LogP contribution is -2.37. The van der Waals surface area contributed by atoms with Crippen LogP contribution in [0.15, 0.2) is 0 Å². The van der Waals surface area contributed by atoms with E-state index in [1.54, 1.807) is 13.8 Å². The SMILES string of the molecule is COC(=O)C(C)(O)CCC(C(=O)O)C(C)C. The zero-order chi connectivity index (χ0) is 12.9. The van der Waals surface area contributed by atoms with Crippen LogP contribution in [0.1, 0.15) is 33.6 Å². The molecule has 2 N–H and O–H groups in total. The van der Waals surface area contributed by atoms with Crippen molar-refractivity contribution in [3.05, 3.63) is 0 Å². The number of hydrogen-bond donors (Lipinski definition) is 2. The Kier molecular flexibility index (Phi) is 5.44. The molecule has 0 aliphatic heterocycles. The first-order valence-corrected chi connectivity index (χ1v) is 5.26. The van der Waals surface area contributed by atoms with E-state index in [1.165, 1.54) is 14.0 Å². The van der Waals surface area contributed by atoms with Crippen LogP contribution < -0.4 is 0 Å². The zero-order valence-electron chi connectivity index (χ0n) is 10.2. The van der Waals surface area contributed by atoms with E-state index < -0.39 is 23.5 Å². The minimum absolute atomic E-state index is 0.0362. The van der Waals surface area contributed by atoms with Crippen LogP contribution in [0.2, 0.25) is 0 Å². The van der Waals surface area contributed by atoms with Crippen LogP contribution >= 0.6 is 0 Å². The fourth-order valence-corrected chi connectivity index (χ4v) is 1.50. The normalized spacial score (nSPS) is 16.6. The van der Waals surface area contributed by atoms with Gasteiger partial charge in [0.05, 0.1) is 13.0 Å². The molecule has 0 amide bonds. The smallest absolute Gasteiger partial charge is 0.337 e. The first kappa shape index (κ1) is 14.9. The number of carboxylic acid groups (broad SMARTS) is 1. The van der Waals surface area contributed by atoms with E-state index >= 15 is 0 Å². The van der Waals surface area contributed by atoms with Crippen molar-refractivity contribution in [3.63, 3.8) is 0 Å². The van der Waals surface area contributed by atoms with Crippen molar-refractivity contribution in [2.45, 2.75) is 39.2 Å². The van der Waals surface area contributed by atoms with Gasteiger partial charge in [-0.3, -0.25) is 4.79 Å². The molecule has 0 saturated heterocycles. The van der Waals surface area contributed by atoms with Crippen molar-refractivity contribution in [2.24, 2.45) is 11.8 Å². The number of carboxylic acids is 1. The number of rotatable bonds is 6. The molecule has 0 aliphatic rings. The molecule has 0 radical (unpaired) electrons. The quantitative estimate of drug-likeness (QED) is 0.669. The van der Waals surface area contributed by atoms with Crippen LogP contribution in [0.3, 0.4) is 0 Å². The number of hydrogen-bond acceptors (Lipinski definition) is 4. The first-order valence-electron chi connectivity index (χ1n) is 5.26. The molecule has 2 unspecified atom stereocenters. The van der Waals surface area contributed by atoms with Gasteiger partial charge in [-0.2, -0.15) is 0 Å². The Bertz CT molecular complexity index is 257. The number of ether oxygens (including phenoxy) is 1. The highest BCUT2D eigenvalue weighted by atomic mass is 16.5. The summed E-state index contributed by atoms with van der Waals surface area (Å²) in [7, 11) is 1.19. The van der Waals surface area contributed by atoms with Gasteiger partial charge in [0.1, 0.15) is 0 Å². The monoisotopic (exact) mass is 232 g/mol. The number of esters is 1. The average Bonchev–Trinajstić information content (AvgIpc) is 2.15. The van der Waals surface area contributed by atoms with Crippen molar-refractivity contribution in [1.29, 1.82) is 0 Å². The summed E-state index contributed by atoms with van der Waals surface area (Å²) in [6.45, 7) is 4.93. The van der Waals surface area contributed by atoms with Gasteiger partial charge in [-0.15, -0.1) is 0 Å². The van der Waals surface area contributed by atoms with Gasteiger partial charge >= 0.3 is 11.9 Å². The maximum atomic E-state index is 11.2. The molecule has 0 aliphatic carbocycles. The van der Waals surface area contributed by atoms with Crippen LogP contribution in [0.5, 0.6) is 0 Å². The van der Waals surface area contributed by atoms with Gasteiger partial charge in [-0.05, 0) is 25.7 Å². The van der Waals surface area contributed by atoms with Crippen LogP contribution in [0.4, 0.5) is 0 Å². The maximum absolute atomic E-state index is 11.2. The number of aliphatic hydroxyl groups is 1. The van der Waals surface area contributed by atoms with Crippen molar-refractivity contribution in [3.8, 4) is 0 Å². The molecule has 0 heterocycles. The summed E-state index contributed by atoms with van der Waals surface area (Å²) in [5.74, 6) is -2.24. The summed E-state index contributed by atoms with van der Waals surface area (Å²) in [6, 6.07) is 0. The molecule has 5 nitrogen and oxygen atoms in total. The van der Waals surface area contributed by atoms with E-state index in [9.17, 15) is 14.7 Å². The van der Waals surface area contributed by atoms with E-state index in [2.05, 4.69) is 4.74 Å². The van der Waals surface area contributed by atoms with E-state index in [0.29, 0.717) is 0 Å². The summed E-state index contributed by atoms with van der Waals surface area (Å²) < 4.78 is 4.43. The molecule has 2 atom stereocenters. The molecule has 0 bridgehead atoms. The van der Waals surface area contributed by atoms with E-state index in [4.69, 9.17) is 5.11 Å². The predicted octanol–water partition coefficient (Wildman–Crippen LogP) is 1.05. The molecule has 0 aromatic heterocycles. The van der Waals surface area contributed by atoms with Gasteiger partial charge in [-0.25, -0.2) is 4.79 Å². The van der Waals surface area contributed by atoms with Gasteiger partial charge in [0.2, 0.25) is 0 Å². The van der Waals surface area contributed by atoms with E-state index in [0.717, 1.165) is 0 Å². The molecule has 0 saturated carbocycles. The minimum Gasteiger partial charge on any atom is -0.481 e. The van der Waals surface area contributed by atoms with Crippen molar-refractivity contribution >= 4 is 11.9 Å². The molecular formula is C11H20O5. The Labute approximate surface area is 95.4 Å². The van der Waals surface area contributed by atoms with Crippen molar-refractivity contribution < 1.29 is 24.5 Å². The number of aliphatic carboxylic acids is 1. The van der Waals surface area contributed by atoms with Gasteiger partial charge in [-0.1, -0.05) is 13.8 Å². The van der Waals surface area contributed by atoms with Gasteiger partial charge in [0.25, 0.3) is 0 Å². The lowest BCUT2D eigenvalue weighted by Gasteiger charge is -2.23. The highest BCUT2D eigenvalue weighted by molar-refractivity contribution is 5.78. The Balaban J connectivity index is 4.41. The fraction of sp³-hybridized carbons (Fsp3) is 0.818. The molecular weight excluding hydrogens is 212 g/mol. The second-order valence-corrected chi connectivity index (χ2v) is 4.49. The molecule has 94 valence electrons. The minimum atomic E-state index is -1.61. The predicted molar refractivity (Wildman–Crippen MR) is 57.8 cm³/mol. The molecule has 0 rings (SSSR count). The number of carbonyl (C=O) groups excluding carboxylic acids is 1. The van der Waals surface area contributed by atoms with Gasteiger partial charge in [0, 0.05) is 0 Å². The standard InChI is InChI=1S/C11H20O5/c1-7(2)8(9(12)13)5-6-11(3,15)10(14)16-4/h7-8,15H,5-6H2,1-4H3,(H,12,13). The van der Waals surface area contributed by atoms with Crippen LogP contribution in [0, 0.1) is 11.8 Å². The molecule has 0 spiro atoms. The fourth-order valence-electron chi connectivity index (χ4n) is 1.50. The largest absolute Gasteiger partial charge is 0.481 e. The summed E-state index contributed by atoms with van der Waals surface area (Å²) in [5.41, 5.74) is -1.61. The van der Waals surface area contributed by atoms with E-state index in [-0.39, 0.29) is 18.8 Å². The lowest BCUT2D eigenvalue weighted by molar-refractivity contribution is -0.162. The number of carbonyl (C=O) groups is 2. The maximum Gasteiger partial charge on any atom is 0.337 e. The van der Waals surface area contributed by atoms with Crippen LogP contribution in [0.25, 0.3) is 0 Å². The topological polar surface area (TPSA) is 83.8 Å². The Morgan fingerprint density at radius 2 is 1.88 bits per heavy atom. The summed E-state index contributed by atoms with van der Waals surface area (Å²) in [4.78, 5) is 22.1. The average molecular weight is 232 g/mol. The van der Waals surface area contributed by atoms with Crippen LogP contribution in [-0.2, 0) is 14.3 Å². The Hall–Kier alpha value is -1.10. The third kappa shape index (κ3) is 4.18. The third-order valence-corrected chi connectivity index (χ3v) is 2.69. The van der Waals surface area contributed by atoms with Crippen molar-refractivity contribution in [1.82, 2.24) is 0 Å². The van der Waals surface area contributed by atoms with E-state index in [1.807, 2.05) is 0 Å². The second-order valence-electron chi connectivity index (χ2n) is 4.49. The lowest BCUT2D eigenvalue weighted by atomic mass is 9.87. The second kappa shape index (κ2) is 5.84. The summed E-state index contributed by atoms with van der Waals surface area (Å²) in [5, 5.41) is 18.7. The Morgan fingerprint density at radius 1 is 1.38 bits per heavy atom. The third-order valence-electron chi connectivity index (χ3n) is 2.69. The first-order chi connectivity index (χ1) is 7.22. The zero-order valence-corrected chi connectivity index (χ0v) is 10.2. The molecule has 5 heteroatoms. The molecule has 16 heavy (non-hydrogen) atoms. The number of methoxy groups -OCH3 is 1. The highest BCUT2D eigenvalue weighted by Gasteiger charge is 2.33. The molecule has 0 aromatic rings. The summed E-state index contributed by atoms with van der Waals surface area (Å²) in [6.07, 6.45) is 0.323. The molecule has 0 aromatic carbocycles. The summed E-state index contributed by atoms with van der Waals surface area (Å²) >= 11 is 0. The Morgan fingerprint density at radius 3 is 2.19 bits per heavy atom. The van der Waals surface area contributed by atoms with Gasteiger partial charge < -0.3 is 14.9 Å². The van der Waals surface area contributed by atoms with Crippen molar-refractivity contribution in [2.75, 3.05) is 7.11 Å².